The van der Waals surface area contributed by atoms with Crippen molar-refractivity contribution in [1.82, 2.24) is 0 Å². The van der Waals surface area contributed by atoms with Gasteiger partial charge in [-0.2, -0.15) is 0 Å². The van der Waals surface area contributed by atoms with Gasteiger partial charge in [0.15, 0.2) is 0 Å². The maximum Gasteiger partial charge on any atom is 0.396 e. The standard InChI is InChI=1S/C8H20O4Si/c1-5-8(9,10)13(4,11-6-2)12-7-3/h9-10H,5-7H2,1-4H3. The van der Waals surface area contributed by atoms with E-state index in [1.54, 1.807) is 13.5 Å². The number of aliphatic hydroxyl groups is 2. The fourth-order valence-corrected chi connectivity index (χ4v) is 3.43. The maximum absolute atomic E-state index is 9.67. The van der Waals surface area contributed by atoms with Crippen LogP contribution < -0.4 is 0 Å². The van der Waals surface area contributed by atoms with Gasteiger partial charge in [-0.3, -0.25) is 0 Å². The summed E-state index contributed by atoms with van der Waals surface area (Å²) in [6.45, 7) is 7.87. The van der Waals surface area contributed by atoms with E-state index in [4.69, 9.17) is 8.85 Å². The largest absolute Gasteiger partial charge is 0.396 e. The minimum absolute atomic E-state index is 0.218. The van der Waals surface area contributed by atoms with E-state index in [0.717, 1.165) is 0 Å². The summed E-state index contributed by atoms with van der Waals surface area (Å²) in [4.78, 5) is 0. The van der Waals surface area contributed by atoms with Crippen molar-refractivity contribution < 1.29 is 19.1 Å². The third-order valence-corrected chi connectivity index (χ3v) is 5.55. The molecule has 0 saturated heterocycles. The molecule has 0 bridgehead atoms. The van der Waals surface area contributed by atoms with Gasteiger partial charge in [0.1, 0.15) is 0 Å². The summed E-state index contributed by atoms with van der Waals surface area (Å²) in [5.74, 6) is 0. The van der Waals surface area contributed by atoms with Crippen LogP contribution in [0.15, 0.2) is 0 Å². The third-order valence-electron chi connectivity index (χ3n) is 2.06. The zero-order chi connectivity index (χ0) is 10.5. The molecule has 0 rings (SSSR count). The lowest BCUT2D eigenvalue weighted by Gasteiger charge is -2.36. The molecule has 0 aromatic rings. The fraction of sp³-hybridized carbons (Fsp3) is 1.00. The molecule has 13 heavy (non-hydrogen) atoms. The molecule has 0 fully saturated rings. The van der Waals surface area contributed by atoms with Crippen LogP contribution in [0.2, 0.25) is 6.55 Å². The predicted octanol–water partition coefficient (Wildman–Crippen LogP) is 0.762. The number of hydrogen-bond acceptors (Lipinski definition) is 4. The second-order valence-corrected chi connectivity index (χ2v) is 6.25. The van der Waals surface area contributed by atoms with Crippen LogP contribution in [0.1, 0.15) is 27.2 Å². The van der Waals surface area contributed by atoms with Crippen LogP contribution in [0.3, 0.4) is 0 Å². The molecule has 0 heterocycles. The molecule has 0 aromatic heterocycles. The van der Waals surface area contributed by atoms with E-state index in [9.17, 15) is 10.2 Å². The van der Waals surface area contributed by atoms with Crippen LogP contribution in [-0.4, -0.2) is 37.4 Å². The van der Waals surface area contributed by atoms with E-state index in [1.807, 2.05) is 13.8 Å². The minimum atomic E-state index is -2.87. The lowest BCUT2D eigenvalue weighted by molar-refractivity contribution is -0.130. The zero-order valence-corrected chi connectivity index (χ0v) is 9.83. The quantitative estimate of drug-likeness (QED) is 0.500. The first-order valence-corrected chi connectivity index (χ1v) is 6.97. The number of rotatable bonds is 6. The molecule has 80 valence electrons. The normalized spacial score (nSPS) is 13.4. The van der Waals surface area contributed by atoms with Gasteiger partial charge in [0.25, 0.3) is 0 Å². The highest BCUT2D eigenvalue weighted by molar-refractivity contribution is 6.68. The summed E-state index contributed by atoms with van der Waals surface area (Å²) in [7, 11) is -2.87. The highest BCUT2D eigenvalue weighted by Crippen LogP contribution is 2.23. The molecule has 0 atom stereocenters. The van der Waals surface area contributed by atoms with Crippen molar-refractivity contribution in [3.05, 3.63) is 0 Å². The van der Waals surface area contributed by atoms with E-state index in [-0.39, 0.29) is 6.42 Å². The molecule has 0 aliphatic carbocycles. The monoisotopic (exact) mass is 208 g/mol. The highest BCUT2D eigenvalue weighted by atomic mass is 28.4. The Morgan fingerprint density at radius 3 is 1.69 bits per heavy atom. The van der Waals surface area contributed by atoms with E-state index in [0.29, 0.717) is 13.2 Å². The van der Waals surface area contributed by atoms with Gasteiger partial charge in [0.2, 0.25) is 5.41 Å². The Bertz CT molecular complexity index is 143. The Morgan fingerprint density at radius 2 is 1.46 bits per heavy atom. The van der Waals surface area contributed by atoms with Crippen molar-refractivity contribution in [1.29, 1.82) is 0 Å². The van der Waals surface area contributed by atoms with Gasteiger partial charge in [-0.1, -0.05) is 6.92 Å². The highest BCUT2D eigenvalue weighted by Gasteiger charge is 2.51. The molecule has 0 unspecified atom stereocenters. The summed E-state index contributed by atoms with van der Waals surface area (Å²) in [6, 6.07) is 0. The van der Waals surface area contributed by atoms with Crippen LogP contribution in [0.4, 0.5) is 0 Å². The number of hydrogen-bond donors (Lipinski definition) is 2. The first-order valence-electron chi connectivity index (χ1n) is 4.66. The fourth-order valence-electron chi connectivity index (χ4n) is 1.14. The van der Waals surface area contributed by atoms with Gasteiger partial charge < -0.3 is 19.1 Å². The lowest BCUT2D eigenvalue weighted by Crippen LogP contribution is -2.60. The Hall–Kier alpha value is 0.0569. The maximum atomic E-state index is 9.67. The summed E-state index contributed by atoms with van der Waals surface area (Å²) in [5.41, 5.74) is -1.81. The van der Waals surface area contributed by atoms with Gasteiger partial charge in [0.05, 0.1) is 0 Å². The van der Waals surface area contributed by atoms with Gasteiger partial charge in [0, 0.05) is 19.6 Å². The van der Waals surface area contributed by atoms with Crippen LogP contribution in [0.5, 0.6) is 0 Å². The van der Waals surface area contributed by atoms with Crippen LogP contribution >= 0.6 is 0 Å². The van der Waals surface area contributed by atoms with Crippen molar-refractivity contribution >= 4 is 8.56 Å². The Labute approximate surface area is 80.7 Å². The van der Waals surface area contributed by atoms with Crippen molar-refractivity contribution in [2.24, 2.45) is 0 Å². The van der Waals surface area contributed by atoms with E-state index in [1.165, 1.54) is 0 Å². The molecular formula is C8H20O4Si. The summed E-state index contributed by atoms with van der Waals surface area (Å²) < 4.78 is 10.7. The van der Waals surface area contributed by atoms with Crippen LogP contribution in [-0.2, 0) is 8.85 Å². The van der Waals surface area contributed by atoms with Crippen molar-refractivity contribution in [3.8, 4) is 0 Å². The van der Waals surface area contributed by atoms with Crippen molar-refractivity contribution in [3.63, 3.8) is 0 Å². The second-order valence-electron chi connectivity index (χ2n) is 2.98. The predicted molar refractivity (Wildman–Crippen MR) is 52.3 cm³/mol. The molecule has 5 heteroatoms. The molecule has 0 amide bonds. The van der Waals surface area contributed by atoms with Crippen molar-refractivity contribution in [2.45, 2.75) is 39.1 Å². The minimum Gasteiger partial charge on any atom is -0.392 e. The van der Waals surface area contributed by atoms with E-state index >= 15 is 0 Å². The SMILES string of the molecule is CCO[Si](C)(OCC)C(O)(O)CC. The molecule has 4 nitrogen and oxygen atoms in total. The second kappa shape index (κ2) is 5.07. The molecular weight excluding hydrogens is 188 g/mol. The van der Waals surface area contributed by atoms with Crippen LogP contribution in [0.25, 0.3) is 0 Å². The van der Waals surface area contributed by atoms with Gasteiger partial charge >= 0.3 is 8.56 Å². The van der Waals surface area contributed by atoms with E-state index in [2.05, 4.69) is 0 Å². The first-order chi connectivity index (χ1) is 5.93. The van der Waals surface area contributed by atoms with Gasteiger partial charge in [-0.15, -0.1) is 0 Å². The first kappa shape index (κ1) is 13.1. The summed E-state index contributed by atoms with van der Waals surface area (Å²) in [6.07, 6.45) is 0.218. The smallest absolute Gasteiger partial charge is 0.392 e. The van der Waals surface area contributed by atoms with Crippen LogP contribution in [0, 0.1) is 0 Å². The molecule has 2 N–H and O–H groups in total. The summed E-state index contributed by atoms with van der Waals surface area (Å²) in [5, 5.41) is 19.3. The zero-order valence-electron chi connectivity index (χ0n) is 8.83. The Kier molecular flexibility index (Phi) is 5.09. The lowest BCUT2D eigenvalue weighted by atomic mass is 10.5. The van der Waals surface area contributed by atoms with Gasteiger partial charge in [-0.25, -0.2) is 0 Å². The van der Waals surface area contributed by atoms with Gasteiger partial charge in [-0.05, 0) is 20.4 Å². The average molecular weight is 208 g/mol. The average Bonchev–Trinajstić information content (AvgIpc) is 2.05. The third kappa shape index (κ3) is 3.03. The topological polar surface area (TPSA) is 58.9 Å². The molecule has 0 aromatic carbocycles. The summed E-state index contributed by atoms with van der Waals surface area (Å²) >= 11 is 0. The Balaban J connectivity index is 4.55. The Morgan fingerprint density at radius 1 is 1.08 bits per heavy atom. The van der Waals surface area contributed by atoms with Crippen molar-refractivity contribution in [2.75, 3.05) is 13.2 Å². The molecule has 0 saturated carbocycles. The molecule has 0 radical (unpaired) electrons. The van der Waals surface area contributed by atoms with E-state index < -0.39 is 14.0 Å². The molecule has 0 spiro atoms. The molecule has 0 aliphatic heterocycles. The molecule has 0 aliphatic rings.